The molecule has 6 nitrogen and oxygen atoms in total. The molecule has 0 saturated heterocycles. The first kappa shape index (κ1) is 15.6. The van der Waals surface area contributed by atoms with E-state index in [1.165, 1.54) is 0 Å². The molecule has 0 unspecified atom stereocenters. The minimum absolute atomic E-state index is 0.219. The van der Waals surface area contributed by atoms with Gasteiger partial charge in [0.05, 0.1) is 18.8 Å². The van der Waals surface area contributed by atoms with Gasteiger partial charge in [0.25, 0.3) is 0 Å². The van der Waals surface area contributed by atoms with Crippen LogP contribution in [0.15, 0.2) is 6.20 Å². The van der Waals surface area contributed by atoms with Crippen molar-refractivity contribution >= 4 is 5.97 Å². The third kappa shape index (κ3) is 7.56. The molecule has 0 aromatic carbocycles. The number of nitrogens with zero attached hydrogens (tertiary/aromatic N) is 3. The Morgan fingerprint density at radius 2 is 2.26 bits per heavy atom. The molecule has 1 aromatic heterocycles. The molecule has 1 aromatic rings. The highest BCUT2D eigenvalue weighted by atomic mass is 16.5. The van der Waals surface area contributed by atoms with Crippen molar-refractivity contribution in [2.24, 2.45) is 5.92 Å². The number of hydrogen-bond donors (Lipinski definition) is 1. The topological polar surface area (TPSA) is 77.2 Å². The van der Waals surface area contributed by atoms with E-state index in [4.69, 9.17) is 9.84 Å². The van der Waals surface area contributed by atoms with Gasteiger partial charge < -0.3 is 9.84 Å². The van der Waals surface area contributed by atoms with Crippen LogP contribution in [-0.4, -0.2) is 39.3 Å². The first-order valence-corrected chi connectivity index (χ1v) is 6.76. The van der Waals surface area contributed by atoms with Crippen LogP contribution in [0.2, 0.25) is 0 Å². The maximum Gasteiger partial charge on any atom is 0.303 e. The summed E-state index contributed by atoms with van der Waals surface area (Å²) in [5.41, 5.74) is 0.911. The fourth-order valence-electron chi connectivity index (χ4n) is 1.62. The standard InChI is InChI=1S/C13H23N3O3/c1-11(2)10-19-8-7-16-9-12(14-15-16)5-3-4-6-13(17)18/h9,11H,3-8,10H2,1-2H3,(H,17,18). The zero-order valence-corrected chi connectivity index (χ0v) is 11.7. The monoisotopic (exact) mass is 269 g/mol. The summed E-state index contributed by atoms with van der Waals surface area (Å²) in [7, 11) is 0. The Labute approximate surface area is 113 Å². The summed E-state index contributed by atoms with van der Waals surface area (Å²) in [6.07, 6.45) is 4.41. The maximum atomic E-state index is 10.4. The molecule has 1 N–H and O–H groups in total. The molecule has 0 bridgehead atoms. The van der Waals surface area contributed by atoms with E-state index in [0.29, 0.717) is 25.5 Å². The van der Waals surface area contributed by atoms with E-state index in [1.807, 2.05) is 6.20 Å². The van der Waals surface area contributed by atoms with Gasteiger partial charge in [0.1, 0.15) is 0 Å². The van der Waals surface area contributed by atoms with Crippen molar-refractivity contribution in [1.82, 2.24) is 15.0 Å². The van der Waals surface area contributed by atoms with Crippen LogP contribution in [0.5, 0.6) is 0 Å². The van der Waals surface area contributed by atoms with Crippen molar-refractivity contribution < 1.29 is 14.6 Å². The predicted octanol–water partition coefficient (Wildman–Crippen LogP) is 1.75. The van der Waals surface area contributed by atoms with Crippen molar-refractivity contribution in [2.75, 3.05) is 13.2 Å². The van der Waals surface area contributed by atoms with Gasteiger partial charge in [-0.15, -0.1) is 5.10 Å². The zero-order chi connectivity index (χ0) is 14.1. The molecular weight excluding hydrogens is 246 g/mol. The molecule has 6 heteroatoms. The Balaban J connectivity index is 2.15. The lowest BCUT2D eigenvalue weighted by Crippen LogP contribution is -2.09. The van der Waals surface area contributed by atoms with Crippen LogP contribution < -0.4 is 0 Å². The van der Waals surface area contributed by atoms with Gasteiger partial charge >= 0.3 is 5.97 Å². The average molecular weight is 269 g/mol. The van der Waals surface area contributed by atoms with Crippen LogP contribution in [0.4, 0.5) is 0 Å². The van der Waals surface area contributed by atoms with Crippen LogP contribution >= 0.6 is 0 Å². The summed E-state index contributed by atoms with van der Waals surface area (Å²) in [6, 6.07) is 0. The molecule has 108 valence electrons. The molecule has 1 heterocycles. The number of rotatable bonds is 10. The average Bonchev–Trinajstić information content (AvgIpc) is 2.78. The number of unbranched alkanes of at least 4 members (excludes halogenated alkanes) is 1. The molecule has 0 atom stereocenters. The van der Waals surface area contributed by atoms with Crippen molar-refractivity contribution in [2.45, 2.75) is 46.1 Å². The SMILES string of the molecule is CC(C)COCCn1cc(CCCCC(=O)O)nn1. The maximum absolute atomic E-state index is 10.4. The molecule has 0 aliphatic rings. The van der Waals surface area contributed by atoms with E-state index >= 15 is 0 Å². The summed E-state index contributed by atoms with van der Waals surface area (Å²) >= 11 is 0. The van der Waals surface area contributed by atoms with Crippen molar-refractivity contribution in [3.63, 3.8) is 0 Å². The highest BCUT2D eigenvalue weighted by Crippen LogP contribution is 2.03. The molecule has 0 spiro atoms. The highest BCUT2D eigenvalue weighted by molar-refractivity contribution is 5.66. The summed E-state index contributed by atoms with van der Waals surface area (Å²) in [5.74, 6) is -0.202. The van der Waals surface area contributed by atoms with E-state index in [9.17, 15) is 4.79 Å². The molecule has 0 fully saturated rings. The second-order valence-corrected chi connectivity index (χ2v) is 5.04. The predicted molar refractivity (Wildman–Crippen MR) is 70.9 cm³/mol. The number of hydrogen-bond acceptors (Lipinski definition) is 4. The van der Waals surface area contributed by atoms with Gasteiger partial charge in [-0.3, -0.25) is 4.79 Å². The smallest absolute Gasteiger partial charge is 0.303 e. The van der Waals surface area contributed by atoms with Gasteiger partial charge in [-0.1, -0.05) is 19.1 Å². The lowest BCUT2D eigenvalue weighted by Gasteiger charge is -2.05. The van der Waals surface area contributed by atoms with Gasteiger partial charge in [0, 0.05) is 19.2 Å². The second-order valence-electron chi connectivity index (χ2n) is 5.04. The molecular formula is C13H23N3O3. The first-order chi connectivity index (χ1) is 9.08. The van der Waals surface area contributed by atoms with E-state index in [0.717, 1.165) is 25.1 Å². The van der Waals surface area contributed by atoms with Crippen molar-refractivity contribution in [3.05, 3.63) is 11.9 Å². The van der Waals surface area contributed by atoms with Crippen LogP contribution in [-0.2, 0) is 22.5 Å². The number of aromatic nitrogens is 3. The second kappa shape index (κ2) is 8.63. The van der Waals surface area contributed by atoms with Crippen molar-refractivity contribution in [1.29, 1.82) is 0 Å². The van der Waals surface area contributed by atoms with Crippen LogP contribution in [0.1, 0.15) is 38.8 Å². The van der Waals surface area contributed by atoms with E-state index < -0.39 is 5.97 Å². The Hall–Kier alpha value is -1.43. The van der Waals surface area contributed by atoms with Gasteiger partial charge in [0.15, 0.2) is 0 Å². The third-order valence-electron chi connectivity index (χ3n) is 2.58. The highest BCUT2D eigenvalue weighted by Gasteiger charge is 2.02. The number of carboxylic acids is 1. The Bertz CT molecular complexity index is 377. The quantitative estimate of drug-likeness (QED) is 0.655. The minimum Gasteiger partial charge on any atom is -0.481 e. The Morgan fingerprint density at radius 3 is 2.95 bits per heavy atom. The Morgan fingerprint density at radius 1 is 1.47 bits per heavy atom. The van der Waals surface area contributed by atoms with Gasteiger partial charge in [0.2, 0.25) is 0 Å². The number of aryl methyl sites for hydroxylation is 1. The van der Waals surface area contributed by atoms with Gasteiger partial charge in [-0.25, -0.2) is 4.68 Å². The summed E-state index contributed by atoms with van der Waals surface area (Å²) < 4.78 is 7.25. The summed E-state index contributed by atoms with van der Waals surface area (Å²) in [4.78, 5) is 10.4. The van der Waals surface area contributed by atoms with E-state index in [2.05, 4.69) is 24.2 Å². The molecule has 19 heavy (non-hydrogen) atoms. The van der Waals surface area contributed by atoms with Gasteiger partial charge in [-0.05, 0) is 25.2 Å². The minimum atomic E-state index is -0.744. The Kier molecular flexibility index (Phi) is 7.10. The fourth-order valence-corrected chi connectivity index (χ4v) is 1.62. The lowest BCUT2D eigenvalue weighted by molar-refractivity contribution is -0.137. The zero-order valence-electron chi connectivity index (χ0n) is 11.7. The summed E-state index contributed by atoms with van der Waals surface area (Å²) in [5, 5.41) is 16.6. The molecule has 0 aliphatic heterocycles. The molecule has 0 aliphatic carbocycles. The summed E-state index contributed by atoms with van der Waals surface area (Å²) in [6.45, 7) is 6.33. The third-order valence-corrected chi connectivity index (χ3v) is 2.58. The van der Waals surface area contributed by atoms with E-state index in [1.54, 1.807) is 4.68 Å². The number of carboxylic acid groups (broad SMARTS) is 1. The van der Waals surface area contributed by atoms with Crippen LogP contribution in [0.25, 0.3) is 0 Å². The normalized spacial score (nSPS) is 11.1. The van der Waals surface area contributed by atoms with Crippen LogP contribution in [0, 0.1) is 5.92 Å². The largest absolute Gasteiger partial charge is 0.481 e. The van der Waals surface area contributed by atoms with Gasteiger partial charge in [-0.2, -0.15) is 0 Å². The number of ether oxygens (including phenoxy) is 1. The first-order valence-electron chi connectivity index (χ1n) is 6.76. The van der Waals surface area contributed by atoms with E-state index in [-0.39, 0.29) is 6.42 Å². The molecule has 0 radical (unpaired) electrons. The molecule has 0 saturated carbocycles. The van der Waals surface area contributed by atoms with Crippen LogP contribution in [0.3, 0.4) is 0 Å². The number of aliphatic carboxylic acids is 1. The fraction of sp³-hybridized carbons (Fsp3) is 0.769. The lowest BCUT2D eigenvalue weighted by atomic mass is 10.1. The molecule has 1 rings (SSSR count). The number of carbonyl (C=O) groups is 1. The van der Waals surface area contributed by atoms with Crippen molar-refractivity contribution in [3.8, 4) is 0 Å². The molecule has 0 amide bonds.